The molecule has 30 heavy (non-hydrogen) atoms. The summed E-state index contributed by atoms with van der Waals surface area (Å²) in [6.45, 7) is 12.7. The van der Waals surface area contributed by atoms with Gasteiger partial charge in [0, 0.05) is 50.3 Å². The van der Waals surface area contributed by atoms with Gasteiger partial charge >= 0.3 is 5.97 Å². The number of benzene rings is 1. The van der Waals surface area contributed by atoms with Gasteiger partial charge in [0.05, 0.1) is 17.8 Å². The normalized spacial score (nSPS) is 21.2. The molecule has 162 valence electrons. The molecule has 3 heterocycles. The maximum atomic E-state index is 12.7. The summed E-state index contributed by atoms with van der Waals surface area (Å²) in [4.78, 5) is 24.8. The molecule has 1 aromatic carbocycles. The number of piperazine rings is 1. The Labute approximate surface area is 179 Å². The second-order valence-corrected chi connectivity index (χ2v) is 8.73. The van der Waals surface area contributed by atoms with Gasteiger partial charge in [0.25, 0.3) is 0 Å². The zero-order chi connectivity index (χ0) is 21.3. The lowest BCUT2D eigenvalue weighted by Gasteiger charge is -2.43. The molecular weight excluding hydrogens is 376 g/mol. The van der Waals surface area contributed by atoms with E-state index in [1.54, 1.807) is 6.20 Å². The molecule has 0 spiro atoms. The summed E-state index contributed by atoms with van der Waals surface area (Å²) in [6, 6.07) is 4.89. The number of nitrogens with zero attached hydrogens (tertiary/aromatic N) is 4. The Kier molecular flexibility index (Phi) is 6.25. The number of aromatic nitrogens is 1. The van der Waals surface area contributed by atoms with E-state index < -0.39 is 0 Å². The van der Waals surface area contributed by atoms with E-state index >= 15 is 0 Å². The van der Waals surface area contributed by atoms with E-state index in [2.05, 4.69) is 52.7 Å². The molecule has 0 aliphatic carbocycles. The summed E-state index contributed by atoms with van der Waals surface area (Å²) in [5.41, 5.74) is 4.94. The number of rotatable bonds is 4. The molecule has 4 rings (SSSR count). The van der Waals surface area contributed by atoms with Crippen molar-refractivity contribution in [2.45, 2.75) is 39.7 Å². The standard InChI is InChI=1S/C24H34N4O2/c1-5-30-24(29)21-15-25-22-18(3)17(2)8-9-20(22)23(21)28-13-11-27(12-14-28)19-7-6-10-26(4)16-19/h8-9,15,19H,5-7,10-14,16H2,1-4H3. The first-order valence-corrected chi connectivity index (χ1v) is 11.2. The van der Waals surface area contributed by atoms with Gasteiger partial charge in [0.2, 0.25) is 0 Å². The lowest BCUT2D eigenvalue weighted by molar-refractivity contribution is 0.0526. The average molecular weight is 411 g/mol. The van der Waals surface area contributed by atoms with Gasteiger partial charge in [-0.1, -0.05) is 12.1 Å². The monoisotopic (exact) mass is 410 g/mol. The van der Waals surface area contributed by atoms with Crippen LogP contribution in [0.3, 0.4) is 0 Å². The lowest BCUT2D eigenvalue weighted by Crippen LogP contribution is -2.54. The van der Waals surface area contributed by atoms with E-state index in [9.17, 15) is 4.79 Å². The Hall–Kier alpha value is -2.18. The average Bonchev–Trinajstić information content (AvgIpc) is 2.76. The lowest BCUT2D eigenvalue weighted by atomic mass is 10.0. The van der Waals surface area contributed by atoms with Crippen LogP contribution in [0, 0.1) is 13.8 Å². The molecule has 0 saturated carbocycles. The summed E-state index contributed by atoms with van der Waals surface area (Å²) in [6.07, 6.45) is 4.28. The van der Waals surface area contributed by atoms with Gasteiger partial charge in [-0.25, -0.2) is 4.79 Å². The van der Waals surface area contributed by atoms with Gasteiger partial charge < -0.3 is 14.5 Å². The molecule has 1 aromatic heterocycles. The maximum absolute atomic E-state index is 12.7. The molecule has 0 amide bonds. The fourth-order valence-corrected chi connectivity index (χ4v) is 4.94. The van der Waals surface area contributed by atoms with Gasteiger partial charge in [-0.15, -0.1) is 0 Å². The van der Waals surface area contributed by atoms with Crippen LogP contribution in [0.15, 0.2) is 18.3 Å². The number of hydrogen-bond donors (Lipinski definition) is 0. The minimum Gasteiger partial charge on any atom is -0.462 e. The molecule has 1 atom stereocenters. The van der Waals surface area contributed by atoms with E-state index in [1.165, 1.54) is 30.5 Å². The molecule has 2 saturated heterocycles. The number of ether oxygens (including phenoxy) is 1. The largest absolute Gasteiger partial charge is 0.462 e. The quantitative estimate of drug-likeness (QED) is 0.722. The highest BCUT2D eigenvalue weighted by Gasteiger charge is 2.29. The first kappa shape index (κ1) is 21.1. The van der Waals surface area contributed by atoms with E-state index in [-0.39, 0.29) is 5.97 Å². The van der Waals surface area contributed by atoms with Crippen LogP contribution in [0.1, 0.15) is 41.3 Å². The Bertz CT molecular complexity index is 921. The van der Waals surface area contributed by atoms with E-state index in [4.69, 9.17) is 4.74 Å². The maximum Gasteiger partial charge on any atom is 0.341 e. The molecule has 2 aliphatic rings. The Balaban J connectivity index is 1.64. The van der Waals surface area contributed by atoms with Crippen LogP contribution in [-0.2, 0) is 4.74 Å². The smallest absolute Gasteiger partial charge is 0.341 e. The highest BCUT2D eigenvalue weighted by atomic mass is 16.5. The van der Waals surface area contributed by atoms with Gasteiger partial charge in [0.1, 0.15) is 5.56 Å². The summed E-state index contributed by atoms with van der Waals surface area (Å²) < 4.78 is 5.37. The molecule has 2 aliphatic heterocycles. The minimum absolute atomic E-state index is 0.281. The van der Waals surface area contributed by atoms with Crippen molar-refractivity contribution in [3.05, 3.63) is 35.0 Å². The molecule has 0 radical (unpaired) electrons. The van der Waals surface area contributed by atoms with Crippen LogP contribution < -0.4 is 4.90 Å². The van der Waals surface area contributed by atoms with Crippen LogP contribution in [0.4, 0.5) is 5.69 Å². The Morgan fingerprint density at radius 2 is 1.93 bits per heavy atom. The second-order valence-electron chi connectivity index (χ2n) is 8.73. The zero-order valence-corrected chi connectivity index (χ0v) is 18.8. The molecule has 2 aromatic rings. The van der Waals surface area contributed by atoms with Crippen molar-refractivity contribution in [3.8, 4) is 0 Å². The van der Waals surface area contributed by atoms with E-state index in [0.29, 0.717) is 18.2 Å². The molecule has 6 heteroatoms. The van der Waals surface area contributed by atoms with Gasteiger partial charge in [-0.05, 0) is 58.3 Å². The molecule has 6 nitrogen and oxygen atoms in total. The van der Waals surface area contributed by atoms with Crippen molar-refractivity contribution in [1.82, 2.24) is 14.8 Å². The number of likely N-dealkylation sites (N-methyl/N-ethyl adjacent to an activating group) is 1. The molecule has 1 unspecified atom stereocenters. The number of carbonyl (C=O) groups is 1. The molecular formula is C24H34N4O2. The van der Waals surface area contributed by atoms with Crippen LogP contribution >= 0.6 is 0 Å². The first-order valence-electron chi connectivity index (χ1n) is 11.2. The number of carbonyl (C=O) groups excluding carboxylic acids is 1. The summed E-state index contributed by atoms with van der Waals surface area (Å²) in [7, 11) is 2.22. The van der Waals surface area contributed by atoms with Gasteiger partial charge in [0.15, 0.2) is 0 Å². The van der Waals surface area contributed by atoms with E-state index in [0.717, 1.165) is 49.3 Å². The Morgan fingerprint density at radius 3 is 2.63 bits per heavy atom. The van der Waals surface area contributed by atoms with Gasteiger partial charge in [-0.3, -0.25) is 9.88 Å². The summed E-state index contributed by atoms with van der Waals surface area (Å²) in [5, 5.41) is 1.05. The predicted octanol–water partition coefficient (Wildman–Crippen LogP) is 3.24. The zero-order valence-electron chi connectivity index (χ0n) is 18.8. The van der Waals surface area contributed by atoms with Crippen molar-refractivity contribution in [3.63, 3.8) is 0 Å². The second kappa shape index (κ2) is 8.90. The molecule has 0 bridgehead atoms. The number of piperidine rings is 1. The van der Waals surface area contributed by atoms with Crippen LogP contribution in [0.2, 0.25) is 0 Å². The van der Waals surface area contributed by atoms with Crippen LogP contribution in [-0.4, -0.2) is 79.7 Å². The SMILES string of the molecule is CCOC(=O)c1cnc2c(C)c(C)ccc2c1N1CCN(C2CCCN(C)C2)CC1. The minimum atomic E-state index is -0.281. The molecule has 2 fully saturated rings. The highest BCUT2D eigenvalue weighted by molar-refractivity contribution is 6.06. The number of esters is 1. The topological polar surface area (TPSA) is 48.9 Å². The predicted molar refractivity (Wildman–Crippen MR) is 121 cm³/mol. The summed E-state index contributed by atoms with van der Waals surface area (Å²) in [5.74, 6) is -0.281. The van der Waals surface area contributed by atoms with Crippen molar-refractivity contribution < 1.29 is 9.53 Å². The Morgan fingerprint density at radius 1 is 1.17 bits per heavy atom. The highest BCUT2D eigenvalue weighted by Crippen LogP contribution is 2.34. The van der Waals surface area contributed by atoms with Gasteiger partial charge in [-0.2, -0.15) is 0 Å². The van der Waals surface area contributed by atoms with E-state index in [1.807, 2.05) is 6.92 Å². The van der Waals surface area contributed by atoms with Crippen molar-refractivity contribution in [2.75, 3.05) is 57.8 Å². The number of pyridine rings is 1. The number of likely N-dealkylation sites (tertiary alicyclic amines) is 1. The third kappa shape index (κ3) is 4.03. The fraction of sp³-hybridized carbons (Fsp3) is 0.583. The number of aryl methyl sites for hydroxylation is 2. The third-order valence-electron chi connectivity index (χ3n) is 6.78. The summed E-state index contributed by atoms with van der Waals surface area (Å²) >= 11 is 0. The van der Waals surface area contributed by atoms with Crippen LogP contribution in [0.25, 0.3) is 10.9 Å². The first-order chi connectivity index (χ1) is 14.5. The van der Waals surface area contributed by atoms with Crippen molar-refractivity contribution in [2.24, 2.45) is 0 Å². The molecule has 0 N–H and O–H groups in total. The third-order valence-corrected chi connectivity index (χ3v) is 6.78. The van der Waals surface area contributed by atoms with Crippen molar-refractivity contribution in [1.29, 1.82) is 0 Å². The number of hydrogen-bond acceptors (Lipinski definition) is 6. The number of fused-ring (bicyclic) bond motifs is 1. The van der Waals surface area contributed by atoms with Crippen LogP contribution in [0.5, 0.6) is 0 Å². The fourth-order valence-electron chi connectivity index (χ4n) is 4.94. The van der Waals surface area contributed by atoms with Crippen molar-refractivity contribution >= 4 is 22.6 Å². The number of anilines is 1.